The van der Waals surface area contributed by atoms with E-state index >= 15 is 0 Å². The summed E-state index contributed by atoms with van der Waals surface area (Å²) in [6, 6.07) is 31.4. The lowest BCUT2D eigenvalue weighted by Crippen LogP contribution is -2.59. The van der Waals surface area contributed by atoms with Gasteiger partial charge in [-0.1, -0.05) is 60.7 Å². The predicted octanol–water partition coefficient (Wildman–Crippen LogP) is 4.41. The average Bonchev–Trinajstić information content (AvgIpc) is 3.18. The lowest BCUT2D eigenvalue weighted by molar-refractivity contribution is -0.736. The number of nitrogens with zero attached hydrogens (tertiary/aromatic N) is 2. The highest BCUT2D eigenvalue weighted by Gasteiger charge is 2.66. The number of benzene rings is 3. The molecule has 3 aromatic carbocycles. The topological polar surface area (TPSA) is 50.5 Å². The van der Waals surface area contributed by atoms with Gasteiger partial charge in [-0.3, -0.25) is 9.59 Å². The number of amides is 2. The molecule has 0 spiro atoms. The van der Waals surface area contributed by atoms with Crippen LogP contribution in [0.1, 0.15) is 34.3 Å². The maximum atomic E-state index is 13.8. The van der Waals surface area contributed by atoms with E-state index in [-0.39, 0.29) is 29.7 Å². The molecule has 4 aliphatic rings. The van der Waals surface area contributed by atoms with Crippen molar-refractivity contribution in [2.45, 2.75) is 18.6 Å². The largest absolute Gasteiger partial charge is 0.489 e. The SMILES string of the molecule is O=C1[C@@H]2[C@@H](C(=O)N1c1ccc(OCc3ccccc3)cc1)[C@H]1c3ccccc3[C@@H]2[n+]2ccccc21. The fraction of sp³-hybridized carbons (Fsp3) is 0.167. The molecule has 0 unspecified atom stereocenters. The summed E-state index contributed by atoms with van der Waals surface area (Å²) < 4.78 is 8.09. The Morgan fingerprint density at radius 3 is 2.20 bits per heavy atom. The van der Waals surface area contributed by atoms with Crippen molar-refractivity contribution < 1.29 is 18.9 Å². The van der Waals surface area contributed by atoms with Crippen molar-refractivity contribution in [1.29, 1.82) is 0 Å². The zero-order valence-electron chi connectivity index (χ0n) is 19.0. The summed E-state index contributed by atoms with van der Waals surface area (Å²) in [4.78, 5) is 29.0. The molecule has 5 nitrogen and oxygen atoms in total. The van der Waals surface area contributed by atoms with Gasteiger partial charge in [0.25, 0.3) is 0 Å². The summed E-state index contributed by atoms with van der Waals surface area (Å²) >= 11 is 0. The number of anilines is 1. The van der Waals surface area contributed by atoms with Crippen molar-refractivity contribution in [2.75, 3.05) is 4.90 Å². The first-order valence-electron chi connectivity index (χ1n) is 12.0. The van der Waals surface area contributed by atoms with Gasteiger partial charge in [-0.05, 0) is 35.4 Å². The van der Waals surface area contributed by atoms with Crippen LogP contribution >= 0.6 is 0 Å². The lowest BCUT2D eigenvalue weighted by atomic mass is 9.63. The minimum absolute atomic E-state index is 0.113. The van der Waals surface area contributed by atoms with Crippen molar-refractivity contribution in [3.8, 4) is 5.75 Å². The standard InChI is InChI=1S/C30H23N2O3/c33-29-26-25-22-10-4-5-11-23(22)28(31-17-7-6-12-24(25)31)27(26)30(34)32(29)20-13-15-21(16-14-20)35-18-19-8-2-1-3-9-19/h1-17,25-28H,18H2/q+1/t25-,26-,27+,28-/m0/s1. The van der Waals surface area contributed by atoms with Gasteiger partial charge in [-0.15, -0.1) is 0 Å². The number of aromatic nitrogens is 1. The van der Waals surface area contributed by atoms with E-state index < -0.39 is 5.92 Å². The second-order valence-electron chi connectivity index (χ2n) is 9.42. The molecule has 4 heterocycles. The van der Waals surface area contributed by atoms with Gasteiger partial charge >= 0.3 is 0 Å². The minimum Gasteiger partial charge on any atom is -0.489 e. The molecule has 5 heteroatoms. The third-order valence-electron chi connectivity index (χ3n) is 7.63. The molecule has 0 saturated carbocycles. The molecule has 8 rings (SSSR count). The first kappa shape index (κ1) is 20.2. The number of ether oxygens (including phenoxy) is 1. The van der Waals surface area contributed by atoms with Gasteiger partial charge in [0.15, 0.2) is 17.9 Å². The van der Waals surface area contributed by atoms with Crippen LogP contribution in [-0.4, -0.2) is 11.8 Å². The Morgan fingerprint density at radius 2 is 1.40 bits per heavy atom. The monoisotopic (exact) mass is 459 g/mol. The van der Waals surface area contributed by atoms with Gasteiger partial charge in [-0.25, -0.2) is 4.90 Å². The highest BCUT2D eigenvalue weighted by Crippen LogP contribution is 2.55. The van der Waals surface area contributed by atoms with Crippen molar-refractivity contribution in [3.63, 3.8) is 0 Å². The highest BCUT2D eigenvalue weighted by molar-refractivity contribution is 6.23. The van der Waals surface area contributed by atoms with Gasteiger partial charge in [0.05, 0.1) is 17.5 Å². The van der Waals surface area contributed by atoms with Crippen LogP contribution in [0.2, 0.25) is 0 Å². The van der Waals surface area contributed by atoms with Crippen molar-refractivity contribution in [3.05, 3.63) is 126 Å². The van der Waals surface area contributed by atoms with Crippen LogP contribution in [0.4, 0.5) is 5.69 Å². The predicted molar refractivity (Wildman–Crippen MR) is 130 cm³/mol. The molecule has 4 atom stereocenters. The molecule has 2 amide bonds. The van der Waals surface area contributed by atoms with E-state index in [9.17, 15) is 9.59 Å². The molecule has 0 radical (unpaired) electrons. The van der Waals surface area contributed by atoms with Gasteiger partial charge in [-0.2, -0.15) is 4.57 Å². The van der Waals surface area contributed by atoms with Gasteiger partial charge in [0, 0.05) is 17.7 Å². The van der Waals surface area contributed by atoms with Crippen molar-refractivity contribution in [1.82, 2.24) is 0 Å². The third kappa shape index (κ3) is 2.91. The van der Waals surface area contributed by atoms with E-state index in [2.05, 4.69) is 22.8 Å². The summed E-state index contributed by atoms with van der Waals surface area (Å²) in [5.41, 5.74) is 5.09. The number of pyridine rings is 1. The zero-order valence-corrected chi connectivity index (χ0v) is 19.0. The summed E-state index contributed by atoms with van der Waals surface area (Å²) in [5, 5.41) is 0. The summed E-state index contributed by atoms with van der Waals surface area (Å²) in [6.45, 7) is 0.461. The van der Waals surface area contributed by atoms with Crippen LogP contribution in [0.25, 0.3) is 0 Å². The first-order valence-corrected chi connectivity index (χ1v) is 12.0. The van der Waals surface area contributed by atoms with E-state index in [1.165, 1.54) is 4.90 Å². The second-order valence-corrected chi connectivity index (χ2v) is 9.42. The Balaban J connectivity index is 1.22. The first-order chi connectivity index (χ1) is 17.2. The summed E-state index contributed by atoms with van der Waals surface area (Å²) in [7, 11) is 0. The van der Waals surface area contributed by atoms with E-state index in [1.807, 2.05) is 85.1 Å². The van der Waals surface area contributed by atoms with Crippen LogP contribution in [0.3, 0.4) is 0 Å². The minimum atomic E-state index is -0.406. The van der Waals surface area contributed by atoms with E-state index in [0.717, 1.165) is 22.4 Å². The fourth-order valence-electron chi connectivity index (χ4n) is 6.18. The molecule has 1 fully saturated rings. The molecule has 35 heavy (non-hydrogen) atoms. The van der Waals surface area contributed by atoms with Crippen LogP contribution < -0.4 is 14.2 Å². The van der Waals surface area contributed by atoms with E-state index in [1.54, 1.807) is 0 Å². The maximum absolute atomic E-state index is 13.8. The Labute approximate surface area is 203 Å². The van der Waals surface area contributed by atoms with E-state index in [4.69, 9.17) is 4.74 Å². The van der Waals surface area contributed by atoms with E-state index in [0.29, 0.717) is 18.0 Å². The summed E-state index contributed by atoms with van der Waals surface area (Å²) in [5.74, 6) is -0.459. The molecule has 1 aliphatic carbocycles. The Morgan fingerprint density at radius 1 is 0.714 bits per heavy atom. The zero-order chi connectivity index (χ0) is 23.5. The number of carbonyl (C=O) groups is 2. The molecular weight excluding hydrogens is 436 g/mol. The normalized spacial score (nSPS) is 23.6. The highest BCUT2D eigenvalue weighted by atomic mass is 16.5. The summed E-state index contributed by atoms with van der Waals surface area (Å²) in [6.07, 6.45) is 2.04. The molecule has 1 aromatic heterocycles. The number of rotatable bonds is 4. The molecule has 0 N–H and O–H groups in total. The molecule has 3 aliphatic heterocycles. The van der Waals surface area contributed by atoms with Crippen molar-refractivity contribution >= 4 is 17.5 Å². The number of carbonyl (C=O) groups excluding carboxylic acids is 2. The van der Waals surface area contributed by atoms with Gasteiger partial charge in [0.2, 0.25) is 11.8 Å². The Hall–Kier alpha value is -4.25. The number of imide groups is 1. The third-order valence-corrected chi connectivity index (χ3v) is 7.63. The quantitative estimate of drug-likeness (QED) is 0.336. The smallest absolute Gasteiger partial charge is 0.244 e. The van der Waals surface area contributed by atoms with Crippen molar-refractivity contribution in [2.24, 2.45) is 11.8 Å². The lowest BCUT2D eigenvalue weighted by Gasteiger charge is -2.40. The van der Waals surface area contributed by atoms with Gasteiger partial charge < -0.3 is 4.74 Å². The molecule has 1 saturated heterocycles. The molecular formula is C30H23N2O3+. The second kappa shape index (κ2) is 7.64. The Kier molecular flexibility index (Phi) is 4.40. The Bertz CT molecular complexity index is 1350. The molecule has 2 bridgehead atoms. The average molecular weight is 460 g/mol. The number of hydrogen-bond donors (Lipinski definition) is 0. The van der Waals surface area contributed by atoms with Crippen LogP contribution in [-0.2, 0) is 16.2 Å². The molecule has 170 valence electrons. The number of hydrogen-bond acceptors (Lipinski definition) is 3. The fourth-order valence-corrected chi connectivity index (χ4v) is 6.18. The van der Waals surface area contributed by atoms with Crippen LogP contribution in [0, 0.1) is 11.8 Å². The van der Waals surface area contributed by atoms with Crippen LogP contribution in [0.5, 0.6) is 5.75 Å². The van der Waals surface area contributed by atoms with Crippen LogP contribution in [0.15, 0.2) is 103 Å². The van der Waals surface area contributed by atoms with Gasteiger partial charge in [0.1, 0.15) is 18.3 Å². The maximum Gasteiger partial charge on any atom is 0.244 e. The molecule has 4 aromatic rings.